The molecule has 5 nitrogen and oxygen atoms in total. The summed E-state index contributed by atoms with van der Waals surface area (Å²) in [6, 6.07) is -0.797. The van der Waals surface area contributed by atoms with E-state index < -0.39 is 24.2 Å². The zero-order valence-corrected chi connectivity index (χ0v) is 32.8. The number of carbonyl (C=O) groups is 1. The number of allylic oxidation sites excluding steroid dienone is 3. The van der Waals surface area contributed by atoms with Gasteiger partial charge in [-0.25, -0.2) is 0 Å². The average molecular weight is 692 g/mol. The van der Waals surface area contributed by atoms with Crippen molar-refractivity contribution >= 4 is 5.91 Å². The molecular weight excluding hydrogens is 606 g/mol. The standard InChI is InChI=1S/C44H85NO4/c1-3-5-7-9-11-13-15-17-19-21-22-23-25-26-28-30-32-34-36-38-42(47)41(40-46)45-44(49)43(48)39-37-35-33-31-29-27-24-20-18-16-14-12-10-8-6-4-2/h18,20,36,38,41-43,46-48H,3-17,19,21-35,37,39-40H2,1-2H3,(H,45,49)/b20-18-,38-36+. The number of hydrogen-bond acceptors (Lipinski definition) is 4. The number of aliphatic hydroxyl groups is 3. The van der Waals surface area contributed by atoms with Gasteiger partial charge in [0.05, 0.1) is 18.8 Å². The van der Waals surface area contributed by atoms with Crippen molar-refractivity contribution in [3.63, 3.8) is 0 Å². The average Bonchev–Trinajstić information content (AvgIpc) is 3.11. The lowest BCUT2D eigenvalue weighted by Crippen LogP contribution is -2.48. The van der Waals surface area contributed by atoms with Gasteiger partial charge in [-0.2, -0.15) is 0 Å². The van der Waals surface area contributed by atoms with Gasteiger partial charge in [0.15, 0.2) is 0 Å². The van der Waals surface area contributed by atoms with E-state index in [0.717, 1.165) is 32.1 Å². The maximum atomic E-state index is 12.4. The van der Waals surface area contributed by atoms with Crippen molar-refractivity contribution in [2.24, 2.45) is 0 Å². The van der Waals surface area contributed by atoms with Crippen LogP contribution in [-0.2, 0) is 4.79 Å². The quantitative estimate of drug-likeness (QED) is 0.0381. The number of amides is 1. The number of rotatable bonds is 39. The molecule has 49 heavy (non-hydrogen) atoms. The minimum Gasteiger partial charge on any atom is -0.394 e. The van der Waals surface area contributed by atoms with Gasteiger partial charge in [-0.1, -0.05) is 205 Å². The molecule has 0 aromatic rings. The van der Waals surface area contributed by atoms with Crippen molar-refractivity contribution in [1.82, 2.24) is 5.32 Å². The molecule has 1 amide bonds. The number of unbranched alkanes of at least 4 members (excludes halogenated alkanes) is 29. The van der Waals surface area contributed by atoms with Crippen LogP contribution in [0, 0.1) is 0 Å². The van der Waals surface area contributed by atoms with Crippen molar-refractivity contribution in [3.8, 4) is 0 Å². The Morgan fingerprint density at radius 1 is 0.490 bits per heavy atom. The molecule has 0 radical (unpaired) electrons. The fourth-order valence-corrected chi connectivity index (χ4v) is 6.59. The molecular formula is C44H85NO4. The molecule has 3 unspecified atom stereocenters. The molecule has 0 aliphatic heterocycles. The SMILES string of the molecule is CCCCCCCC/C=C\CCCCCCCCC(O)C(=O)NC(CO)C(O)/C=C/CCCCCCCCCCCCCCCCCCC. The summed E-state index contributed by atoms with van der Waals surface area (Å²) < 4.78 is 0. The molecule has 5 heteroatoms. The first kappa shape index (κ1) is 47.8. The summed E-state index contributed by atoms with van der Waals surface area (Å²) in [6.07, 6.45) is 47.7. The molecule has 0 saturated carbocycles. The Balaban J connectivity index is 3.68. The highest BCUT2D eigenvalue weighted by atomic mass is 16.3. The van der Waals surface area contributed by atoms with Crippen molar-refractivity contribution in [1.29, 1.82) is 0 Å². The predicted octanol–water partition coefficient (Wildman–Crippen LogP) is 12.2. The van der Waals surface area contributed by atoms with E-state index in [9.17, 15) is 20.1 Å². The van der Waals surface area contributed by atoms with Crippen LogP contribution in [0.1, 0.15) is 226 Å². The summed E-state index contributed by atoms with van der Waals surface area (Å²) in [5, 5.41) is 33.1. The van der Waals surface area contributed by atoms with Gasteiger partial charge in [0, 0.05) is 0 Å². The van der Waals surface area contributed by atoms with Gasteiger partial charge in [0.2, 0.25) is 5.91 Å². The van der Waals surface area contributed by atoms with Crippen LogP contribution in [0.5, 0.6) is 0 Å². The van der Waals surface area contributed by atoms with Crippen molar-refractivity contribution in [2.45, 2.75) is 244 Å². The largest absolute Gasteiger partial charge is 0.394 e. The Bertz CT molecular complexity index is 724. The third-order valence-electron chi connectivity index (χ3n) is 10.0. The second-order valence-corrected chi connectivity index (χ2v) is 14.9. The van der Waals surface area contributed by atoms with Crippen LogP contribution in [0.4, 0.5) is 0 Å². The summed E-state index contributed by atoms with van der Waals surface area (Å²) in [5.41, 5.74) is 0. The lowest BCUT2D eigenvalue weighted by atomic mass is 10.0. The predicted molar refractivity (Wildman–Crippen MR) is 213 cm³/mol. The van der Waals surface area contributed by atoms with E-state index in [1.807, 2.05) is 6.08 Å². The van der Waals surface area contributed by atoms with Crippen LogP contribution in [-0.4, -0.2) is 46.1 Å². The van der Waals surface area contributed by atoms with Crippen LogP contribution < -0.4 is 5.32 Å². The molecule has 0 aliphatic rings. The number of hydrogen-bond donors (Lipinski definition) is 4. The Kier molecular flexibility index (Phi) is 38.7. The molecule has 290 valence electrons. The summed E-state index contributed by atoms with van der Waals surface area (Å²) in [6.45, 7) is 4.18. The molecule has 3 atom stereocenters. The second kappa shape index (κ2) is 39.6. The van der Waals surface area contributed by atoms with E-state index in [0.29, 0.717) is 6.42 Å². The van der Waals surface area contributed by atoms with Gasteiger partial charge in [-0.3, -0.25) is 4.79 Å². The van der Waals surface area contributed by atoms with Crippen LogP contribution in [0.2, 0.25) is 0 Å². The third-order valence-corrected chi connectivity index (χ3v) is 10.0. The summed E-state index contributed by atoms with van der Waals surface area (Å²) in [5.74, 6) is -0.507. The molecule has 0 spiro atoms. The van der Waals surface area contributed by atoms with E-state index in [-0.39, 0.29) is 6.61 Å². The number of carbonyl (C=O) groups excluding carboxylic acids is 1. The Morgan fingerprint density at radius 3 is 1.18 bits per heavy atom. The van der Waals surface area contributed by atoms with Gasteiger partial charge in [0.1, 0.15) is 6.10 Å². The van der Waals surface area contributed by atoms with Gasteiger partial charge in [-0.05, 0) is 44.9 Å². The molecule has 0 saturated heterocycles. The Labute approximate surface area is 305 Å². The number of nitrogens with one attached hydrogen (secondary N) is 1. The van der Waals surface area contributed by atoms with Gasteiger partial charge < -0.3 is 20.6 Å². The maximum absolute atomic E-state index is 12.4. The molecule has 0 rings (SSSR count). The van der Waals surface area contributed by atoms with Crippen LogP contribution in [0.15, 0.2) is 24.3 Å². The minimum absolute atomic E-state index is 0.364. The lowest BCUT2D eigenvalue weighted by Gasteiger charge is -2.21. The van der Waals surface area contributed by atoms with E-state index in [1.54, 1.807) is 6.08 Å². The van der Waals surface area contributed by atoms with E-state index in [2.05, 4.69) is 31.3 Å². The highest BCUT2D eigenvalue weighted by Gasteiger charge is 2.22. The van der Waals surface area contributed by atoms with Crippen LogP contribution >= 0.6 is 0 Å². The Morgan fingerprint density at radius 2 is 0.816 bits per heavy atom. The zero-order valence-electron chi connectivity index (χ0n) is 32.8. The maximum Gasteiger partial charge on any atom is 0.249 e. The summed E-state index contributed by atoms with van der Waals surface area (Å²) in [4.78, 5) is 12.4. The zero-order chi connectivity index (χ0) is 35.9. The molecule has 0 aliphatic carbocycles. The summed E-state index contributed by atoms with van der Waals surface area (Å²) in [7, 11) is 0. The van der Waals surface area contributed by atoms with Crippen molar-refractivity contribution in [3.05, 3.63) is 24.3 Å². The molecule has 0 fully saturated rings. The molecule has 0 bridgehead atoms. The minimum atomic E-state index is -1.10. The first-order valence-electron chi connectivity index (χ1n) is 21.7. The van der Waals surface area contributed by atoms with Gasteiger partial charge in [0.25, 0.3) is 0 Å². The lowest BCUT2D eigenvalue weighted by molar-refractivity contribution is -0.131. The molecule has 0 aromatic heterocycles. The van der Waals surface area contributed by atoms with E-state index in [1.165, 1.54) is 173 Å². The van der Waals surface area contributed by atoms with Crippen LogP contribution in [0.3, 0.4) is 0 Å². The van der Waals surface area contributed by atoms with Gasteiger partial charge in [-0.15, -0.1) is 0 Å². The van der Waals surface area contributed by atoms with Gasteiger partial charge >= 0.3 is 0 Å². The second-order valence-electron chi connectivity index (χ2n) is 14.9. The first-order valence-corrected chi connectivity index (χ1v) is 21.7. The third kappa shape index (κ3) is 35.0. The summed E-state index contributed by atoms with van der Waals surface area (Å²) >= 11 is 0. The van der Waals surface area contributed by atoms with Crippen LogP contribution in [0.25, 0.3) is 0 Å². The molecule has 0 aromatic carbocycles. The van der Waals surface area contributed by atoms with Crippen molar-refractivity contribution in [2.75, 3.05) is 6.61 Å². The Hall–Kier alpha value is -1.17. The van der Waals surface area contributed by atoms with Crippen molar-refractivity contribution < 1.29 is 20.1 Å². The van der Waals surface area contributed by atoms with E-state index >= 15 is 0 Å². The normalized spacial score (nSPS) is 13.8. The smallest absolute Gasteiger partial charge is 0.249 e. The molecule has 0 heterocycles. The fraction of sp³-hybridized carbons (Fsp3) is 0.886. The van der Waals surface area contributed by atoms with E-state index in [4.69, 9.17) is 0 Å². The fourth-order valence-electron chi connectivity index (χ4n) is 6.59. The monoisotopic (exact) mass is 692 g/mol. The number of aliphatic hydroxyl groups excluding tert-OH is 3. The topological polar surface area (TPSA) is 89.8 Å². The highest BCUT2D eigenvalue weighted by Crippen LogP contribution is 2.15. The molecule has 4 N–H and O–H groups in total. The highest BCUT2D eigenvalue weighted by molar-refractivity contribution is 5.80. The first-order chi connectivity index (χ1) is 24.1.